The van der Waals surface area contributed by atoms with Crippen LogP contribution in [0.15, 0.2) is 42.5 Å². The molecular weight excluding hydrogens is 318 g/mol. The average Bonchev–Trinajstić information content (AvgIpc) is 3.40. The van der Waals surface area contributed by atoms with Crippen LogP contribution >= 0.6 is 0 Å². The molecule has 1 unspecified atom stereocenters. The zero-order valence-electron chi connectivity index (χ0n) is 14.4. The second-order valence-corrected chi connectivity index (χ2v) is 6.75. The van der Waals surface area contributed by atoms with Crippen LogP contribution in [0.3, 0.4) is 0 Å². The number of phenols is 1. The Kier molecular flexibility index (Phi) is 5.27. The van der Waals surface area contributed by atoms with E-state index in [1.54, 1.807) is 19.2 Å². The minimum atomic E-state index is -0.681. The van der Waals surface area contributed by atoms with E-state index in [0.29, 0.717) is 17.7 Å². The zero-order valence-corrected chi connectivity index (χ0v) is 14.4. The highest BCUT2D eigenvalue weighted by Crippen LogP contribution is 2.39. The van der Waals surface area contributed by atoms with Gasteiger partial charge in [0.05, 0.1) is 19.8 Å². The average molecular weight is 343 g/mol. The quantitative estimate of drug-likeness (QED) is 0.591. The summed E-state index contributed by atoms with van der Waals surface area (Å²) in [6.45, 7) is 0.188. The summed E-state index contributed by atoms with van der Waals surface area (Å²) in [6.07, 6.45) is 2.41. The van der Waals surface area contributed by atoms with E-state index in [-0.39, 0.29) is 17.9 Å². The Morgan fingerprint density at radius 3 is 2.48 bits per heavy atom. The minimum Gasteiger partial charge on any atom is -0.508 e. The van der Waals surface area contributed by atoms with Crippen molar-refractivity contribution in [1.82, 2.24) is 5.32 Å². The Hall–Kier alpha value is -2.08. The molecule has 1 aliphatic rings. The molecule has 1 saturated carbocycles. The lowest BCUT2D eigenvalue weighted by Crippen LogP contribution is -2.36. The van der Waals surface area contributed by atoms with Crippen LogP contribution in [0, 0.1) is 0 Å². The smallest absolute Gasteiger partial charge is 0.121 e. The summed E-state index contributed by atoms with van der Waals surface area (Å²) in [7, 11) is 1.66. The first-order valence-corrected chi connectivity index (χ1v) is 8.54. The molecule has 0 bridgehead atoms. The van der Waals surface area contributed by atoms with Crippen molar-refractivity contribution in [2.24, 2.45) is 0 Å². The predicted octanol–water partition coefficient (Wildman–Crippen LogP) is 2.29. The van der Waals surface area contributed by atoms with Crippen molar-refractivity contribution in [1.29, 1.82) is 0 Å². The number of aromatic hydroxyl groups is 1. The lowest BCUT2D eigenvalue weighted by molar-refractivity contribution is 0.167. The standard InChI is InChI=1S/C20H25NO4/c1-25-17-5-2-14(3-6-17)11-20(8-9-20)21-12-19(24)15-4-7-18(23)16(10-15)13-22/h2-7,10,19,21-24H,8-9,11-13H2,1H3. The van der Waals surface area contributed by atoms with Gasteiger partial charge in [0.15, 0.2) is 0 Å². The summed E-state index contributed by atoms with van der Waals surface area (Å²) >= 11 is 0. The van der Waals surface area contributed by atoms with Crippen LogP contribution in [0.25, 0.3) is 0 Å². The summed E-state index contributed by atoms with van der Waals surface area (Å²) in [5.74, 6) is 0.897. The molecule has 134 valence electrons. The van der Waals surface area contributed by atoms with E-state index >= 15 is 0 Å². The molecule has 0 saturated heterocycles. The number of rotatable bonds is 8. The maximum Gasteiger partial charge on any atom is 0.121 e. The molecule has 5 heteroatoms. The Morgan fingerprint density at radius 2 is 1.88 bits per heavy atom. The predicted molar refractivity (Wildman–Crippen MR) is 95.7 cm³/mol. The first-order valence-electron chi connectivity index (χ1n) is 8.54. The highest BCUT2D eigenvalue weighted by atomic mass is 16.5. The second kappa shape index (κ2) is 7.44. The number of aliphatic hydroxyl groups excluding tert-OH is 2. The topological polar surface area (TPSA) is 82.0 Å². The normalized spacial score (nSPS) is 16.4. The first kappa shape index (κ1) is 17.7. The number of methoxy groups -OCH3 is 1. The molecule has 0 aliphatic heterocycles. The first-order chi connectivity index (χ1) is 12.0. The van der Waals surface area contributed by atoms with E-state index in [9.17, 15) is 15.3 Å². The fourth-order valence-electron chi connectivity index (χ4n) is 3.07. The summed E-state index contributed by atoms with van der Waals surface area (Å²) in [5, 5.41) is 32.8. The number of β-amino-alcohol motifs (C(OH)–C–C–N with tert-alkyl or cyclic N) is 1. The van der Waals surface area contributed by atoms with Gasteiger partial charge in [0, 0.05) is 17.6 Å². The Bertz CT molecular complexity index is 710. The van der Waals surface area contributed by atoms with Crippen LogP contribution in [0.1, 0.15) is 35.6 Å². The molecule has 3 rings (SSSR count). The van der Waals surface area contributed by atoms with Crippen molar-refractivity contribution >= 4 is 0 Å². The van der Waals surface area contributed by atoms with E-state index in [2.05, 4.69) is 17.4 Å². The fraction of sp³-hybridized carbons (Fsp3) is 0.400. The van der Waals surface area contributed by atoms with Gasteiger partial charge in [0.25, 0.3) is 0 Å². The molecule has 5 nitrogen and oxygen atoms in total. The largest absolute Gasteiger partial charge is 0.508 e. The molecule has 0 radical (unpaired) electrons. The third kappa shape index (κ3) is 4.31. The van der Waals surface area contributed by atoms with Crippen LogP contribution in [0.2, 0.25) is 0 Å². The minimum absolute atomic E-state index is 0.0459. The molecule has 1 atom stereocenters. The molecular formula is C20H25NO4. The summed E-state index contributed by atoms with van der Waals surface area (Å²) < 4.78 is 5.19. The van der Waals surface area contributed by atoms with Crippen molar-refractivity contribution < 1.29 is 20.1 Å². The van der Waals surface area contributed by atoms with E-state index in [0.717, 1.165) is 25.0 Å². The Labute approximate surface area is 147 Å². The number of hydrogen-bond donors (Lipinski definition) is 4. The monoisotopic (exact) mass is 343 g/mol. The molecule has 0 spiro atoms. The molecule has 1 fully saturated rings. The van der Waals surface area contributed by atoms with Crippen LogP contribution in [0.4, 0.5) is 0 Å². The van der Waals surface area contributed by atoms with Crippen LogP contribution < -0.4 is 10.1 Å². The number of ether oxygens (including phenoxy) is 1. The van der Waals surface area contributed by atoms with Crippen LogP contribution in [-0.2, 0) is 13.0 Å². The van der Waals surface area contributed by atoms with Crippen LogP contribution in [-0.4, -0.2) is 34.5 Å². The maximum atomic E-state index is 10.4. The maximum absolute atomic E-state index is 10.4. The van der Waals surface area contributed by atoms with Gasteiger partial charge in [0.1, 0.15) is 11.5 Å². The third-order valence-corrected chi connectivity index (χ3v) is 4.88. The molecule has 0 amide bonds. The number of hydrogen-bond acceptors (Lipinski definition) is 5. The number of benzene rings is 2. The fourth-order valence-corrected chi connectivity index (χ4v) is 3.07. The molecule has 4 N–H and O–H groups in total. The van der Waals surface area contributed by atoms with Gasteiger partial charge in [0.2, 0.25) is 0 Å². The van der Waals surface area contributed by atoms with Gasteiger partial charge in [-0.25, -0.2) is 0 Å². The van der Waals surface area contributed by atoms with Crippen molar-refractivity contribution in [3.8, 4) is 11.5 Å². The molecule has 0 heterocycles. The number of aliphatic hydroxyl groups is 2. The SMILES string of the molecule is COc1ccc(CC2(NCC(O)c3ccc(O)c(CO)c3)CC2)cc1. The van der Waals surface area contributed by atoms with E-state index < -0.39 is 6.10 Å². The van der Waals surface area contributed by atoms with Gasteiger partial charge in [-0.1, -0.05) is 18.2 Å². The zero-order chi connectivity index (χ0) is 17.9. The van der Waals surface area contributed by atoms with Crippen LogP contribution in [0.5, 0.6) is 11.5 Å². The molecule has 0 aromatic heterocycles. The summed E-state index contributed by atoms with van der Waals surface area (Å²) in [5.41, 5.74) is 2.41. The lowest BCUT2D eigenvalue weighted by atomic mass is 10.0. The van der Waals surface area contributed by atoms with Gasteiger partial charge in [-0.2, -0.15) is 0 Å². The van der Waals surface area contributed by atoms with Gasteiger partial charge in [-0.05, 0) is 54.7 Å². The van der Waals surface area contributed by atoms with Crippen molar-refractivity contribution in [3.63, 3.8) is 0 Å². The van der Waals surface area contributed by atoms with E-state index in [4.69, 9.17) is 4.74 Å². The van der Waals surface area contributed by atoms with Gasteiger partial charge >= 0.3 is 0 Å². The van der Waals surface area contributed by atoms with Gasteiger partial charge in [-0.15, -0.1) is 0 Å². The van der Waals surface area contributed by atoms with E-state index in [1.807, 2.05) is 12.1 Å². The lowest BCUT2D eigenvalue weighted by Gasteiger charge is -2.21. The highest BCUT2D eigenvalue weighted by Gasteiger charge is 2.42. The van der Waals surface area contributed by atoms with E-state index in [1.165, 1.54) is 11.6 Å². The second-order valence-electron chi connectivity index (χ2n) is 6.75. The van der Waals surface area contributed by atoms with Crippen molar-refractivity contribution in [3.05, 3.63) is 59.2 Å². The summed E-state index contributed by atoms with van der Waals surface area (Å²) in [6, 6.07) is 12.9. The Balaban J connectivity index is 1.58. The number of nitrogens with one attached hydrogen (secondary N) is 1. The third-order valence-electron chi connectivity index (χ3n) is 4.88. The van der Waals surface area contributed by atoms with Crippen molar-refractivity contribution in [2.75, 3.05) is 13.7 Å². The molecule has 2 aromatic rings. The molecule has 1 aliphatic carbocycles. The molecule has 25 heavy (non-hydrogen) atoms. The van der Waals surface area contributed by atoms with Gasteiger partial charge < -0.3 is 25.4 Å². The summed E-state index contributed by atoms with van der Waals surface area (Å²) in [4.78, 5) is 0. The van der Waals surface area contributed by atoms with Crippen molar-refractivity contribution in [2.45, 2.75) is 37.5 Å². The Morgan fingerprint density at radius 1 is 1.16 bits per heavy atom. The molecule has 2 aromatic carbocycles. The highest BCUT2D eigenvalue weighted by molar-refractivity contribution is 5.36. The van der Waals surface area contributed by atoms with Gasteiger partial charge in [-0.3, -0.25) is 0 Å².